The Hall–Kier alpha value is -1.30. The van der Waals surface area contributed by atoms with E-state index in [0.717, 1.165) is 43.3 Å². The van der Waals surface area contributed by atoms with Gasteiger partial charge in [-0.1, -0.05) is 31.2 Å². The highest BCUT2D eigenvalue weighted by atomic mass is 32.2. The Bertz CT molecular complexity index is 455. The number of carbonyl (C=O) groups excluding carboxylic acids is 1. The van der Waals surface area contributed by atoms with Crippen molar-refractivity contribution in [1.82, 2.24) is 19.7 Å². The van der Waals surface area contributed by atoms with E-state index in [4.69, 9.17) is 0 Å². The molecule has 0 saturated heterocycles. The zero-order valence-electron chi connectivity index (χ0n) is 13.3. The fourth-order valence-corrected chi connectivity index (χ4v) is 2.92. The van der Waals surface area contributed by atoms with E-state index in [1.807, 2.05) is 24.8 Å². The zero-order valence-corrected chi connectivity index (χ0v) is 14.2. The SMILES string of the molecule is C=CCn1c(CCCC)nnc1SCC(=O)N(CC)CC. The number of thioether (sulfide) groups is 1. The normalized spacial score (nSPS) is 10.6. The van der Waals surface area contributed by atoms with Gasteiger partial charge in [0.15, 0.2) is 5.16 Å². The number of aromatic nitrogens is 3. The first-order chi connectivity index (χ1) is 10.2. The van der Waals surface area contributed by atoms with Gasteiger partial charge in [-0.05, 0) is 20.3 Å². The highest BCUT2D eigenvalue weighted by Crippen LogP contribution is 2.18. The summed E-state index contributed by atoms with van der Waals surface area (Å²) in [5, 5.41) is 9.29. The molecule has 0 aliphatic heterocycles. The van der Waals surface area contributed by atoms with Crippen molar-refractivity contribution in [2.75, 3.05) is 18.8 Å². The standard InChI is InChI=1S/C15H26N4OS/c1-5-9-10-13-16-17-15(19(13)11-6-2)21-12-14(20)18(7-3)8-4/h6H,2,5,7-12H2,1,3-4H3. The lowest BCUT2D eigenvalue weighted by atomic mass is 10.2. The lowest BCUT2D eigenvalue weighted by molar-refractivity contribution is -0.127. The van der Waals surface area contributed by atoms with E-state index in [-0.39, 0.29) is 5.91 Å². The first kappa shape index (κ1) is 17.8. The Labute approximate surface area is 131 Å². The number of unbranched alkanes of at least 4 members (excludes halogenated alkanes) is 1. The second-order valence-electron chi connectivity index (χ2n) is 4.76. The molecule has 1 heterocycles. The molecule has 0 atom stereocenters. The number of hydrogen-bond donors (Lipinski definition) is 0. The van der Waals surface area contributed by atoms with Crippen LogP contribution in [0.25, 0.3) is 0 Å². The minimum Gasteiger partial charge on any atom is -0.343 e. The van der Waals surface area contributed by atoms with Crippen molar-refractivity contribution >= 4 is 17.7 Å². The number of aryl methyl sites for hydroxylation is 1. The summed E-state index contributed by atoms with van der Waals surface area (Å²) in [6, 6.07) is 0. The molecule has 1 aromatic heterocycles. The molecule has 21 heavy (non-hydrogen) atoms. The minimum absolute atomic E-state index is 0.147. The summed E-state index contributed by atoms with van der Waals surface area (Å²) < 4.78 is 2.06. The van der Waals surface area contributed by atoms with Crippen LogP contribution in [0.5, 0.6) is 0 Å². The Balaban J connectivity index is 2.71. The molecule has 0 aliphatic rings. The Morgan fingerprint density at radius 3 is 2.62 bits per heavy atom. The molecule has 5 nitrogen and oxygen atoms in total. The van der Waals surface area contributed by atoms with E-state index >= 15 is 0 Å². The van der Waals surface area contributed by atoms with Crippen molar-refractivity contribution in [2.45, 2.75) is 51.7 Å². The second-order valence-corrected chi connectivity index (χ2v) is 5.70. The predicted molar refractivity (Wildman–Crippen MR) is 87.5 cm³/mol. The maximum atomic E-state index is 12.1. The lowest BCUT2D eigenvalue weighted by Gasteiger charge is -2.18. The molecule has 0 aromatic carbocycles. The van der Waals surface area contributed by atoms with Gasteiger partial charge in [0.25, 0.3) is 0 Å². The molecule has 0 spiro atoms. The van der Waals surface area contributed by atoms with Crippen LogP contribution < -0.4 is 0 Å². The topological polar surface area (TPSA) is 51.0 Å². The highest BCUT2D eigenvalue weighted by molar-refractivity contribution is 7.99. The van der Waals surface area contributed by atoms with E-state index in [2.05, 4.69) is 28.3 Å². The fraction of sp³-hybridized carbons (Fsp3) is 0.667. The molecule has 1 rings (SSSR count). The van der Waals surface area contributed by atoms with Gasteiger partial charge < -0.3 is 9.47 Å². The van der Waals surface area contributed by atoms with E-state index in [0.29, 0.717) is 12.3 Å². The third kappa shape index (κ3) is 5.19. The molecule has 6 heteroatoms. The summed E-state index contributed by atoms with van der Waals surface area (Å²) in [5.74, 6) is 1.54. The molecular weight excluding hydrogens is 284 g/mol. The summed E-state index contributed by atoms with van der Waals surface area (Å²) in [6.45, 7) is 12.1. The molecule has 0 radical (unpaired) electrons. The average Bonchev–Trinajstić information content (AvgIpc) is 2.87. The van der Waals surface area contributed by atoms with Gasteiger partial charge >= 0.3 is 0 Å². The first-order valence-corrected chi connectivity index (χ1v) is 8.59. The van der Waals surface area contributed by atoms with Crippen molar-refractivity contribution in [3.63, 3.8) is 0 Å². The first-order valence-electron chi connectivity index (χ1n) is 7.61. The summed E-state index contributed by atoms with van der Waals surface area (Å²) in [6.07, 6.45) is 4.99. The van der Waals surface area contributed by atoms with Crippen molar-refractivity contribution < 1.29 is 4.79 Å². The number of allylic oxidation sites excluding steroid dienone is 1. The van der Waals surface area contributed by atoms with Gasteiger partial charge in [0, 0.05) is 26.1 Å². The van der Waals surface area contributed by atoms with E-state index < -0.39 is 0 Å². The van der Waals surface area contributed by atoms with Gasteiger partial charge in [-0.2, -0.15) is 0 Å². The molecular formula is C15H26N4OS. The van der Waals surface area contributed by atoms with Crippen molar-refractivity contribution in [3.05, 3.63) is 18.5 Å². The van der Waals surface area contributed by atoms with Crippen molar-refractivity contribution in [2.24, 2.45) is 0 Å². The number of amides is 1. The van der Waals surface area contributed by atoms with Crippen LogP contribution in [0.3, 0.4) is 0 Å². The molecule has 0 saturated carbocycles. The van der Waals surface area contributed by atoms with Gasteiger partial charge in [-0.3, -0.25) is 4.79 Å². The molecule has 0 bridgehead atoms. The van der Waals surface area contributed by atoms with Gasteiger partial charge in [0.05, 0.1) is 5.75 Å². The van der Waals surface area contributed by atoms with E-state index in [1.54, 1.807) is 0 Å². The molecule has 1 amide bonds. The van der Waals surface area contributed by atoms with Gasteiger partial charge in [-0.25, -0.2) is 0 Å². The lowest BCUT2D eigenvalue weighted by Crippen LogP contribution is -2.31. The van der Waals surface area contributed by atoms with Crippen molar-refractivity contribution in [1.29, 1.82) is 0 Å². The largest absolute Gasteiger partial charge is 0.343 e. The Morgan fingerprint density at radius 1 is 1.33 bits per heavy atom. The van der Waals surface area contributed by atoms with E-state index in [9.17, 15) is 4.79 Å². The summed E-state index contributed by atoms with van der Waals surface area (Å²) in [4.78, 5) is 13.9. The monoisotopic (exact) mass is 310 g/mol. The maximum absolute atomic E-state index is 12.1. The van der Waals surface area contributed by atoms with Crippen LogP contribution >= 0.6 is 11.8 Å². The second kappa shape index (κ2) is 9.60. The van der Waals surface area contributed by atoms with E-state index in [1.165, 1.54) is 11.8 Å². The average molecular weight is 310 g/mol. The third-order valence-corrected chi connectivity index (χ3v) is 4.25. The number of hydrogen-bond acceptors (Lipinski definition) is 4. The Kier molecular flexibility index (Phi) is 8.12. The number of carbonyl (C=O) groups is 1. The van der Waals surface area contributed by atoms with Gasteiger partial charge in [0.1, 0.15) is 5.82 Å². The highest BCUT2D eigenvalue weighted by Gasteiger charge is 2.15. The van der Waals surface area contributed by atoms with Crippen LogP contribution in [0.15, 0.2) is 17.8 Å². The molecule has 0 N–H and O–H groups in total. The summed E-state index contributed by atoms with van der Waals surface area (Å²) in [5.41, 5.74) is 0. The number of rotatable bonds is 10. The summed E-state index contributed by atoms with van der Waals surface area (Å²) in [7, 11) is 0. The Morgan fingerprint density at radius 2 is 2.05 bits per heavy atom. The third-order valence-electron chi connectivity index (χ3n) is 3.30. The van der Waals surface area contributed by atoms with Crippen LogP contribution in [0.4, 0.5) is 0 Å². The van der Waals surface area contributed by atoms with Crippen LogP contribution in [0.2, 0.25) is 0 Å². The number of nitrogens with zero attached hydrogens (tertiary/aromatic N) is 4. The van der Waals surface area contributed by atoms with Gasteiger partial charge in [-0.15, -0.1) is 16.8 Å². The van der Waals surface area contributed by atoms with Crippen LogP contribution in [0, 0.1) is 0 Å². The molecule has 0 aliphatic carbocycles. The molecule has 0 fully saturated rings. The van der Waals surface area contributed by atoms with Crippen LogP contribution in [-0.2, 0) is 17.8 Å². The minimum atomic E-state index is 0.147. The predicted octanol–water partition coefficient (Wildman–Crippen LogP) is 2.77. The quantitative estimate of drug-likeness (QED) is 0.492. The molecule has 1 aromatic rings. The summed E-state index contributed by atoms with van der Waals surface area (Å²) >= 11 is 1.46. The van der Waals surface area contributed by atoms with Gasteiger partial charge in [0.2, 0.25) is 5.91 Å². The zero-order chi connectivity index (χ0) is 15.7. The van der Waals surface area contributed by atoms with Crippen molar-refractivity contribution in [3.8, 4) is 0 Å². The van der Waals surface area contributed by atoms with Crippen LogP contribution in [0.1, 0.15) is 39.4 Å². The molecule has 118 valence electrons. The smallest absolute Gasteiger partial charge is 0.233 e. The maximum Gasteiger partial charge on any atom is 0.233 e. The molecule has 0 unspecified atom stereocenters. The van der Waals surface area contributed by atoms with Crippen LogP contribution in [-0.4, -0.2) is 44.4 Å². The fourth-order valence-electron chi connectivity index (χ4n) is 2.05.